The van der Waals surface area contributed by atoms with Crippen LogP contribution in [-0.4, -0.2) is 11.1 Å². The van der Waals surface area contributed by atoms with Gasteiger partial charge in [-0.3, -0.25) is 0 Å². The first-order valence-electron chi connectivity index (χ1n) is 5.33. The zero-order valence-corrected chi connectivity index (χ0v) is 10.5. The highest BCUT2D eigenvalue weighted by Gasteiger charge is 2.12. The highest BCUT2D eigenvalue weighted by Crippen LogP contribution is 2.24. The molecule has 0 saturated carbocycles. The lowest BCUT2D eigenvalue weighted by atomic mass is 10.0. The number of aliphatic carboxylic acids is 1. The van der Waals surface area contributed by atoms with E-state index in [0.29, 0.717) is 16.0 Å². The van der Waals surface area contributed by atoms with E-state index in [1.165, 1.54) is 23.5 Å². The molecule has 0 saturated heterocycles. The number of carboxylic acids is 1. The Bertz CT molecular complexity index is 600. The molecule has 0 bridgehead atoms. The highest BCUT2D eigenvalue weighted by molar-refractivity contribution is 7.11. The quantitative estimate of drug-likeness (QED) is 0.854. The Kier molecular flexibility index (Phi) is 3.58. The van der Waals surface area contributed by atoms with Gasteiger partial charge < -0.3 is 5.11 Å². The maximum atomic E-state index is 13.0. The third-order valence-corrected chi connectivity index (χ3v) is 3.45. The lowest BCUT2D eigenvalue weighted by molar-refractivity contribution is -0.130. The highest BCUT2D eigenvalue weighted by atomic mass is 32.1. The van der Waals surface area contributed by atoms with E-state index < -0.39 is 5.97 Å². The molecule has 0 unspecified atom stereocenters. The van der Waals surface area contributed by atoms with E-state index >= 15 is 0 Å². The number of hydrogen-bond acceptors (Lipinski definition) is 2. The lowest BCUT2D eigenvalue weighted by Crippen LogP contribution is -1.98. The Morgan fingerprint density at radius 2 is 2.17 bits per heavy atom. The lowest BCUT2D eigenvalue weighted by Gasteiger charge is -2.03. The molecule has 0 spiro atoms. The molecule has 0 fully saturated rings. The van der Waals surface area contributed by atoms with Crippen LogP contribution in [0.15, 0.2) is 35.7 Å². The van der Waals surface area contributed by atoms with Gasteiger partial charge in [0.15, 0.2) is 0 Å². The molecule has 2 rings (SSSR count). The molecule has 1 heterocycles. The van der Waals surface area contributed by atoms with Crippen molar-refractivity contribution >= 4 is 29.0 Å². The molecular formula is C14H11FO2S. The van der Waals surface area contributed by atoms with E-state index in [2.05, 4.69) is 0 Å². The van der Waals surface area contributed by atoms with Crippen molar-refractivity contribution in [1.29, 1.82) is 0 Å². The second kappa shape index (κ2) is 5.14. The van der Waals surface area contributed by atoms with Crippen molar-refractivity contribution < 1.29 is 14.3 Å². The Hall–Kier alpha value is -1.94. The standard InChI is InChI=1S/C14H11FO2S/c1-9-7-11(15)5-4-10(9)8-12(14(16)17)13-3-2-6-18-13/h2-8H,1H3,(H,16,17). The number of aryl methyl sites for hydroxylation is 1. The van der Waals surface area contributed by atoms with Gasteiger partial charge in [0, 0.05) is 4.88 Å². The first kappa shape index (κ1) is 12.5. The number of rotatable bonds is 3. The van der Waals surface area contributed by atoms with Crippen molar-refractivity contribution in [3.05, 3.63) is 57.5 Å². The zero-order valence-electron chi connectivity index (χ0n) is 9.68. The van der Waals surface area contributed by atoms with Crippen molar-refractivity contribution in [2.75, 3.05) is 0 Å². The summed E-state index contributed by atoms with van der Waals surface area (Å²) in [4.78, 5) is 11.9. The fourth-order valence-corrected chi connectivity index (χ4v) is 2.36. The van der Waals surface area contributed by atoms with Crippen LogP contribution in [0.5, 0.6) is 0 Å². The zero-order chi connectivity index (χ0) is 13.1. The van der Waals surface area contributed by atoms with Crippen molar-refractivity contribution in [2.24, 2.45) is 0 Å². The van der Waals surface area contributed by atoms with E-state index in [0.717, 1.165) is 0 Å². The SMILES string of the molecule is Cc1cc(F)ccc1C=C(C(=O)O)c1cccs1. The van der Waals surface area contributed by atoms with Crippen molar-refractivity contribution in [2.45, 2.75) is 6.92 Å². The van der Waals surface area contributed by atoms with Gasteiger partial charge in [0.05, 0.1) is 5.57 Å². The largest absolute Gasteiger partial charge is 0.478 e. The van der Waals surface area contributed by atoms with Crippen molar-refractivity contribution in [3.63, 3.8) is 0 Å². The fourth-order valence-electron chi connectivity index (χ4n) is 1.63. The first-order valence-corrected chi connectivity index (χ1v) is 6.21. The molecule has 18 heavy (non-hydrogen) atoms. The summed E-state index contributed by atoms with van der Waals surface area (Å²) in [6, 6.07) is 7.85. The summed E-state index contributed by atoms with van der Waals surface area (Å²) in [6.07, 6.45) is 1.57. The van der Waals surface area contributed by atoms with Crippen LogP contribution in [0.4, 0.5) is 4.39 Å². The molecule has 4 heteroatoms. The summed E-state index contributed by atoms with van der Waals surface area (Å²) in [7, 11) is 0. The van der Waals surface area contributed by atoms with Gasteiger partial charge in [-0.1, -0.05) is 12.1 Å². The molecule has 1 N–H and O–H groups in total. The molecule has 2 nitrogen and oxygen atoms in total. The average molecular weight is 262 g/mol. The van der Waals surface area contributed by atoms with Crippen LogP contribution >= 0.6 is 11.3 Å². The number of halogens is 1. The third kappa shape index (κ3) is 2.65. The summed E-state index contributed by atoms with van der Waals surface area (Å²) in [5.74, 6) is -1.31. The predicted octanol–water partition coefficient (Wildman–Crippen LogP) is 3.82. The minimum absolute atomic E-state index is 0.222. The Balaban J connectivity index is 2.49. The first-order chi connectivity index (χ1) is 8.58. The maximum absolute atomic E-state index is 13.0. The van der Waals surface area contributed by atoms with Crippen LogP contribution in [-0.2, 0) is 4.79 Å². The van der Waals surface area contributed by atoms with Crippen LogP contribution < -0.4 is 0 Å². The Labute approximate surface area is 108 Å². The molecule has 0 aliphatic carbocycles. The number of thiophene rings is 1. The summed E-state index contributed by atoms with van der Waals surface area (Å²) in [6.45, 7) is 1.75. The van der Waals surface area contributed by atoms with Crippen LogP contribution in [0.2, 0.25) is 0 Å². The van der Waals surface area contributed by atoms with Gasteiger partial charge in [0.1, 0.15) is 5.82 Å². The van der Waals surface area contributed by atoms with Crippen LogP contribution in [0.3, 0.4) is 0 Å². The van der Waals surface area contributed by atoms with E-state index in [4.69, 9.17) is 0 Å². The molecule has 2 aromatic rings. The predicted molar refractivity (Wildman–Crippen MR) is 71.0 cm³/mol. The fraction of sp³-hybridized carbons (Fsp3) is 0.0714. The molecule has 0 radical (unpaired) electrons. The van der Waals surface area contributed by atoms with E-state index in [9.17, 15) is 14.3 Å². The smallest absolute Gasteiger partial charge is 0.337 e. The number of hydrogen-bond donors (Lipinski definition) is 1. The molecule has 0 aliphatic heterocycles. The van der Waals surface area contributed by atoms with E-state index in [1.807, 2.05) is 5.38 Å². The summed E-state index contributed by atoms with van der Waals surface area (Å²) in [5, 5.41) is 11.0. The second-order valence-corrected chi connectivity index (χ2v) is 4.79. The summed E-state index contributed by atoms with van der Waals surface area (Å²) >= 11 is 1.36. The molecule has 0 aliphatic rings. The Morgan fingerprint density at radius 1 is 1.39 bits per heavy atom. The van der Waals surface area contributed by atoms with Gasteiger partial charge in [-0.25, -0.2) is 9.18 Å². The Morgan fingerprint density at radius 3 is 2.72 bits per heavy atom. The van der Waals surface area contributed by atoms with Gasteiger partial charge in [0.25, 0.3) is 0 Å². The number of carboxylic acid groups (broad SMARTS) is 1. The van der Waals surface area contributed by atoms with Crippen molar-refractivity contribution in [1.82, 2.24) is 0 Å². The minimum Gasteiger partial charge on any atom is -0.478 e. The maximum Gasteiger partial charge on any atom is 0.337 e. The van der Waals surface area contributed by atoms with Gasteiger partial charge in [-0.15, -0.1) is 11.3 Å². The van der Waals surface area contributed by atoms with E-state index in [-0.39, 0.29) is 11.4 Å². The van der Waals surface area contributed by atoms with Gasteiger partial charge in [-0.05, 0) is 47.7 Å². The van der Waals surface area contributed by atoms with Crippen LogP contribution in [0.1, 0.15) is 16.0 Å². The van der Waals surface area contributed by atoms with Gasteiger partial charge in [-0.2, -0.15) is 0 Å². The van der Waals surface area contributed by atoms with Crippen LogP contribution in [0, 0.1) is 12.7 Å². The van der Waals surface area contributed by atoms with E-state index in [1.54, 1.807) is 31.2 Å². The second-order valence-electron chi connectivity index (χ2n) is 3.84. The molecule has 0 atom stereocenters. The van der Waals surface area contributed by atoms with Crippen LogP contribution in [0.25, 0.3) is 11.6 Å². The molecule has 92 valence electrons. The average Bonchev–Trinajstić information content (AvgIpc) is 2.80. The summed E-state index contributed by atoms with van der Waals surface area (Å²) in [5.41, 5.74) is 1.65. The molecular weight excluding hydrogens is 251 g/mol. The molecule has 1 aromatic carbocycles. The molecule has 1 aromatic heterocycles. The number of carbonyl (C=O) groups is 1. The normalized spacial score (nSPS) is 11.6. The monoisotopic (exact) mass is 262 g/mol. The van der Waals surface area contributed by atoms with Crippen molar-refractivity contribution in [3.8, 4) is 0 Å². The topological polar surface area (TPSA) is 37.3 Å². The summed E-state index contributed by atoms with van der Waals surface area (Å²) < 4.78 is 13.0. The van der Waals surface area contributed by atoms with Gasteiger partial charge >= 0.3 is 5.97 Å². The van der Waals surface area contributed by atoms with Gasteiger partial charge in [0.2, 0.25) is 0 Å². The number of benzene rings is 1. The third-order valence-electron chi connectivity index (χ3n) is 2.55. The minimum atomic E-state index is -0.985. The molecule has 0 amide bonds.